The second kappa shape index (κ2) is 8.41. The van der Waals surface area contributed by atoms with Crippen molar-refractivity contribution in [2.45, 2.75) is 19.9 Å². The average Bonchev–Trinajstić information content (AvgIpc) is 3.37. The molecule has 0 spiro atoms. The van der Waals surface area contributed by atoms with Gasteiger partial charge in [-0.15, -0.1) is 11.3 Å². The number of carbonyl (C=O) groups excluding carboxylic acids is 1. The molecule has 0 saturated heterocycles. The summed E-state index contributed by atoms with van der Waals surface area (Å²) in [6.45, 7) is 3.81. The van der Waals surface area contributed by atoms with Crippen molar-refractivity contribution < 1.29 is 14.3 Å². The van der Waals surface area contributed by atoms with Crippen LogP contribution in [-0.2, 0) is 9.53 Å². The second-order valence-corrected chi connectivity index (χ2v) is 8.58. The van der Waals surface area contributed by atoms with Crippen LogP contribution < -0.4 is 19.6 Å². The number of hydrogen-bond donors (Lipinski definition) is 0. The minimum atomic E-state index is -0.543. The lowest BCUT2D eigenvalue weighted by atomic mass is 10.0. The number of aromatic nitrogens is 1. The summed E-state index contributed by atoms with van der Waals surface area (Å²) in [6, 6.07) is 10.8. The maximum atomic E-state index is 13.4. The Labute approximate surface area is 181 Å². The quantitative estimate of drug-likeness (QED) is 0.572. The lowest BCUT2D eigenvalue weighted by molar-refractivity contribution is -0.139. The van der Waals surface area contributed by atoms with E-state index in [0.717, 1.165) is 16.2 Å². The van der Waals surface area contributed by atoms with Gasteiger partial charge in [-0.25, -0.2) is 9.79 Å². The van der Waals surface area contributed by atoms with E-state index in [1.807, 2.05) is 47.9 Å². The van der Waals surface area contributed by atoms with Crippen molar-refractivity contribution in [1.82, 2.24) is 4.57 Å². The summed E-state index contributed by atoms with van der Waals surface area (Å²) >= 11 is 2.81. The van der Waals surface area contributed by atoms with Crippen LogP contribution in [0.1, 0.15) is 30.3 Å². The highest BCUT2D eigenvalue weighted by Crippen LogP contribution is 2.33. The van der Waals surface area contributed by atoms with Crippen molar-refractivity contribution in [3.63, 3.8) is 0 Å². The Morgan fingerprint density at radius 2 is 2.03 bits per heavy atom. The summed E-state index contributed by atoms with van der Waals surface area (Å²) < 4.78 is 12.6. The van der Waals surface area contributed by atoms with Crippen LogP contribution >= 0.6 is 22.7 Å². The van der Waals surface area contributed by atoms with Crippen LogP contribution in [0.15, 0.2) is 62.8 Å². The molecule has 30 heavy (non-hydrogen) atoms. The van der Waals surface area contributed by atoms with Gasteiger partial charge < -0.3 is 9.47 Å². The monoisotopic (exact) mass is 440 g/mol. The van der Waals surface area contributed by atoms with E-state index >= 15 is 0 Å². The summed E-state index contributed by atoms with van der Waals surface area (Å²) in [5.74, 6) is 0.308. The third kappa shape index (κ3) is 3.64. The summed E-state index contributed by atoms with van der Waals surface area (Å²) in [6.07, 6.45) is 1.83. The molecule has 154 valence electrons. The first-order valence-corrected chi connectivity index (χ1v) is 11.1. The zero-order valence-corrected chi connectivity index (χ0v) is 18.4. The topological polar surface area (TPSA) is 69.9 Å². The Morgan fingerprint density at radius 1 is 1.27 bits per heavy atom. The van der Waals surface area contributed by atoms with Gasteiger partial charge in [0.25, 0.3) is 5.56 Å². The van der Waals surface area contributed by atoms with Gasteiger partial charge in [0, 0.05) is 4.88 Å². The summed E-state index contributed by atoms with van der Waals surface area (Å²) in [5, 5.41) is 1.93. The summed E-state index contributed by atoms with van der Waals surface area (Å²) in [4.78, 5) is 32.1. The van der Waals surface area contributed by atoms with Crippen LogP contribution in [0.25, 0.3) is 6.08 Å². The van der Waals surface area contributed by atoms with E-state index in [0.29, 0.717) is 20.6 Å². The van der Waals surface area contributed by atoms with Crippen molar-refractivity contribution >= 4 is 34.7 Å². The number of benzene rings is 1. The fraction of sp³-hybridized carbons (Fsp3) is 0.227. The number of allylic oxidation sites excluding steroid dienone is 1. The molecule has 0 aliphatic carbocycles. The Kier molecular flexibility index (Phi) is 5.69. The van der Waals surface area contributed by atoms with Gasteiger partial charge in [0.05, 0.1) is 29.5 Å². The standard InChI is InChI=1S/C22H20N2O4S2/c1-4-28-21(26)18-13(2)23-22-24(19(18)16-6-5-11-29-16)20(25)17(30-22)12-14-7-9-15(27-3)10-8-14/h5-12,19H,4H2,1-3H3/b17-12-/t19-/m0/s1. The molecule has 0 N–H and O–H groups in total. The average molecular weight is 441 g/mol. The Morgan fingerprint density at radius 3 is 2.67 bits per heavy atom. The molecule has 1 aromatic carbocycles. The molecular weight excluding hydrogens is 420 g/mol. The predicted octanol–water partition coefficient (Wildman–Crippen LogP) is 2.87. The van der Waals surface area contributed by atoms with Crippen LogP contribution in [0.4, 0.5) is 0 Å². The van der Waals surface area contributed by atoms with Gasteiger partial charge in [-0.05, 0) is 49.1 Å². The smallest absolute Gasteiger partial charge is 0.338 e. The maximum absolute atomic E-state index is 13.4. The van der Waals surface area contributed by atoms with Crippen molar-refractivity contribution in [2.75, 3.05) is 13.7 Å². The third-order valence-corrected chi connectivity index (χ3v) is 6.65. The number of carbonyl (C=O) groups is 1. The maximum Gasteiger partial charge on any atom is 0.338 e. The lowest BCUT2D eigenvalue weighted by Crippen LogP contribution is -2.39. The number of ether oxygens (including phenoxy) is 2. The van der Waals surface area contributed by atoms with Gasteiger partial charge in [-0.1, -0.05) is 29.5 Å². The fourth-order valence-corrected chi connectivity index (χ4v) is 5.23. The molecule has 0 bridgehead atoms. The van der Waals surface area contributed by atoms with Gasteiger partial charge in [-0.2, -0.15) is 0 Å². The van der Waals surface area contributed by atoms with Gasteiger partial charge >= 0.3 is 5.97 Å². The second-order valence-electron chi connectivity index (χ2n) is 6.59. The highest BCUT2D eigenvalue weighted by atomic mass is 32.1. The zero-order chi connectivity index (χ0) is 21.3. The molecule has 0 saturated carbocycles. The molecule has 8 heteroatoms. The molecule has 0 radical (unpaired) electrons. The number of nitrogens with zero attached hydrogens (tertiary/aromatic N) is 2. The number of methoxy groups -OCH3 is 1. The molecule has 3 heterocycles. The minimum absolute atomic E-state index is 0.178. The molecule has 0 amide bonds. The number of rotatable bonds is 5. The highest BCUT2D eigenvalue weighted by molar-refractivity contribution is 7.10. The fourth-order valence-electron chi connectivity index (χ4n) is 3.36. The largest absolute Gasteiger partial charge is 0.497 e. The van der Waals surface area contributed by atoms with Gasteiger partial charge in [0.1, 0.15) is 11.8 Å². The number of thiazole rings is 1. The van der Waals surface area contributed by atoms with Gasteiger partial charge in [-0.3, -0.25) is 9.36 Å². The molecule has 1 aliphatic rings. The van der Waals surface area contributed by atoms with Crippen LogP contribution in [0, 0.1) is 0 Å². The minimum Gasteiger partial charge on any atom is -0.497 e. The zero-order valence-electron chi connectivity index (χ0n) is 16.7. The van der Waals surface area contributed by atoms with E-state index < -0.39 is 12.0 Å². The summed E-state index contributed by atoms with van der Waals surface area (Å²) in [5.41, 5.74) is 1.68. The van der Waals surface area contributed by atoms with E-state index in [2.05, 4.69) is 4.99 Å². The molecule has 2 aromatic heterocycles. The third-order valence-electron chi connectivity index (χ3n) is 4.74. The Hall–Kier alpha value is -2.97. The normalized spacial score (nSPS) is 16.2. The first kappa shape index (κ1) is 20.3. The molecule has 1 atom stereocenters. The molecule has 3 aromatic rings. The lowest BCUT2D eigenvalue weighted by Gasteiger charge is -2.23. The van der Waals surface area contributed by atoms with E-state index in [-0.39, 0.29) is 12.2 Å². The number of thiophene rings is 1. The molecule has 1 aliphatic heterocycles. The van der Waals surface area contributed by atoms with Crippen molar-refractivity contribution in [3.05, 3.63) is 83.2 Å². The Bertz CT molecular complexity index is 1280. The van der Waals surface area contributed by atoms with Crippen LogP contribution in [0.3, 0.4) is 0 Å². The van der Waals surface area contributed by atoms with Gasteiger partial charge in [0.2, 0.25) is 0 Å². The number of hydrogen-bond acceptors (Lipinski definition) is 7. The first-order chi connectivity index (χ1) is 14.5. The van der Waals surface area contributed by atoms with E-state index in [4.69, 9.17) is 9.47 Å². The molecule has 4 rings (SSSR count). The van der Waals surface area contributed by atoms with Gasteiger partial charge in [0.15, 0.2) is 4.80 Å². The predicted molar refractivity (Wildman–Crippen MR) is 118 cm³/mol. The number of fused-ring (bicyclic) bond motifs is 1. The highest BCUT2D eigenvalue weighted by Gasteiger charge is 2.33. The molecule has 6 nitrogen and oxygen atoms in total. The summed E-state index contributed by atoms with van der Waals surface area (Å²) in [7, 11) is 1.61. The van der Waals surface area contributed by atoms with Crippen molar-refractivity contribution in [2.24, 2.45) is 4.99 Å². The Balaban J connectivity index is 1.90. The molecule has 0 fully saturated rings. The van der Waals surface area contributed by atoms with Crippen LogP contribution in [0.2, 0.25) is 0 Å². The first-order valence-electron chi connectivity index (χ1n) is 9.40. The van der Waals surface area contributed by atoms with Crippen LogP contribution in [-0.4, -0.2) is 24.3 Å². The molecule has 0 unspecified atom stereocenters. The van der Waals surface area contributed by atoms with E-state index in [1.165, 1.54) is 22.7 Å². The SMILES string of the molecule is CCOC(=O)C1=C(C)N=c2s/c(=C\c3ccc(OC)cc3)c(=O)n2[C@H]1c1cccs1. The van der Waals surface area contributed by atoms with Crippen molar-refractivity contribution in [3.8, 4) is 5.75 Å². The molecular formula is C22H20N2O4S2. The number of esters is 1. The van der Waals surface area contributed by atoms with Crippen molar-refractivity contribution in [1.29, 1.82) is 0 Å². The van der Waals surface area contributed by atoms with E-state index in [9.17, 15) is 9.59 Å². The van der Waals surface area contributed by atoms with E-state index in [1.54, 1.807) is 25.5 Å². The van der Waals surface area contributed by atoms with Crippen LogP contribution in [0.5, 0.6) is 5.75 Å².